The van der Waals surface area contributed by atoms with Gasteiger partial charge in [0.15, 0.2) is 0 Å². The quantitative estimate of drug-likeness (QED) is 0.742. The highest BCUT2D eigenvalue weighted by Crippen LogP contribution is 2.14. The number of nitriles is 1. The molecule has 1 saturated heterocycles. The summed E-state index contributed by atoms with van der Waals surface area (Å²) in [6.07, 6.45) is 2.10. The molecule has 2 rings (SSSR count). The second kappa shape index (κ2) is 9.21. The zero-order chi connectivity index (χ0) is 17.4. The molecule has 1 aromatic heterocycles. The fourth-order valence-corrected chi connectivity index (χ4v) is 2.48. The Morgan fingerprint density at radius 2 is 2.17 bits per heavy atom. The standard InChI is InChI=1S/C17H24N4O3/c1-2-15(22)13-24-10-5-17(23)21-8-6-20(7-9-21)16-4-3-14(11-18)12-19-16/h3-4,12,15,22H,2,5-10,13H2,1H3/t15-/m0/s1. The summed E-state index contributed by atoms with van der Waals surface area (Å²) in [7, 11) is 0. The van der Waals surface area contributed by atoms with Crippen molar-refractivity contribution in [3.63, 3.8) is 0 Å². The number of amides is 1. The van der Waals surface area contributed by atoms with Crippen LogP contribution in [0.15, 0.2) is 18.3 Å². The minimum atomic E-state index is -0.455. The van der Waals surface area contributed by atoms with Crippen LogP contribution in [0.1, 0.15) is 25.3 Å². The Labute approximate surface area is 142 Å². The Hall–Kier alpha value is -2.17. The Balaban J connectivity index is 1.71. The number of aromatic nitrogens is 1. The van der Waals surface area contributed by atoms with Crippen molar-refractivity contribution in [2.45, 2.75) is 25.9 Å². The van der Waals surface area contributed by atoms with Gasteiger partial charge in [-0.25, -0.2) is 4.98 Å². The molecule has 0 unspecified atom stereocenters. The number of piperazine rings is 1. The van der Waals surface area contributed by atoms with Crippen molar-refractivity contribution >= 4 is 11.7 Å². The number of ether oxygens (including phenoxy) is 1. The van der Waals surface area contributed by atoms with Crippen LogP contribution in [-0.2, 0) is 9.53 Å². The first kappa shape index (κ1) is 18.2. The number of rotatable bonds is 7. The Morgan fingerprint density at radius 1 is 1.42 bits per heavy atom. The molecule has 130 valence electrons. The molecule has 1 fully saturated rings. The monoisotopic (exact) mass is 332 g/mol. The average Bonchev–Trinajstić information content (AvgIpc) is 2.65. The fraction of sp³-hybridized carbons (Fsp3) is 0.588. The van der Waals surface area contributed by atoms with Crippen LogP contribution >= 0.6 is 0 Å². The molecular weight excluding hydrogens is 308 g/mol. The largest absolute Gasteiger partial charge is 0.391 e. The smallest absolute Gasteiger partial charge is 0.225 e. The van der Waals surface area contributed by atoms with E-state index in [1.165, 1.54) is 0 Å². The lowest BCUT2D eigenvalue weighted by Gasteiger charge is -2.35. The van der Waals surface area contributed by atoms with Gasteiger partial charge in [-0.15, -0.1) is 0 Å². The summed E-state index contributed by atoms with van der Waals surface area (Å²) in [5.74, 6) is 0.909. The van der Waals surface area contributed by atoms with Gasteiger partial charge in [0, 0.05) is 32.4 Å². The van der Waals surface area contributed by atoms with E-state index in [4.69, 9.17) is 10.00 Å². The lowest BCUT2D eigenvalue weighted by atomic mass is 10.2. The van der Waals surface area contributed by atoms with E-state index < -0.39 is 6.10 Å². The van der Waals surface area contributed by atoms with E-state index in [0.717, 1.165) is 18.9 Å². The van der Waals surface area contributed by atoms with Crippen LogP contribution in [0.25, 0.3) is 0 Å². The molecular formula is C17H24N4O3. The lowest BCUT2D eigenvalue weighted by Crippen LogP contribution is -2.49. The van der Waals surface area contributed by atoms with Crippen molar-refractivity contribution in [1.29, 1.82) is 5.26 Å². The number of carbonyl (C=O) groups excluding carboxylic acids is 1. The van der Waals surface area contributed by atoms with E-state index in [2.05, 4.69) is 16.0 Å². The summed E-state index contributed by atoms with van der Waals surface area (Å²) >= 11 is 0. The highest BCUT2D eigenvalue weighted by atomic mass is 16.5. The molecule has 2 heterocycles. The molecule has 1 aliphatic heterocycles. The van der Waals surface area contributed by atoms with Crippen LogP contribution < -0.4 is 4.90 Å². The van der Waals surface area contributed by atoms with Crippen molar-refractivity contribution < 1.29 is 14.6 Å². The molecule has 0 aromatic carbocycles. The number of hydrogen-bond acceptors (Lipinski definition) is 6. The maximum Gasteiger partial charge on any atom is 0.225 e. The Kier molecular flexibility index (Phi) is 6.97. The van der Waals surface area contributed by atoms with Crippen LogP contribution in [-0.4, -0.2) is 66.4 Å². The zero-order valence-electron chi connectivity index (χ0n) is 14.0. The van der Waals surface area contributed by atoms with Crippen molar-refractivity contribution in [2.75, 3.05) is 44.3 Å². The van der Waals surface area contributed by atoms with Crippen LogP contribution in [0.5, 0.6) is 0 Å². The van der Waals surface area contributed by atoms with E-state index in [-0.39, 0.29) is 12.5 Å². The fourth-order valence-electron chi connectivity index (χ4n) is 2.48. The molecule has 0 radical (unpaired) electrons. The molecule has 1 amide bonds. The van der Waals surface area contributed by atoms with Crippen molar-refractivity contribution in [1.82, 2.24) is 9.88 Å². The first-order valence-electron chi connectivity index (χ1n) is 8.28. The Bertz CT molecular complexity index is 562. The summed E-state index contributed by atoms with van der Waals surface area (Å²) < 4.78 is 5.32. The number of carbonyl (C=O) groups is 1. The summed E-state index contributed by atoms with van der Waals surface area (Å²) in [5.41, 5.74) is 0.542. The van der Waals surface area contributed by atoms with Crippen LogP contribution in [0.2, 0.25) is 0 Å². The van der Waals surface area contributed by atoms with Crippen LogP contribution in [0.4, 0.5) is 5.82 Å². The molecule has 0 bridgehead atoms. The predicted molar refractivity (Wildman–Crippen MR) is 89.5 cm³/mol. The Morgan fingerprint density at radius 3 is 2.75 bits per heavy atom. The van der Waals surface area contributed by atoms with Gasteiger partial charge in [-0.1, -0.05) is 6.92 Å². The number of nitrogens with zero attached hydrogens (tertiary/aromatic N) is 4. The molecule has 1 aromatic rings. The number of anilines is 1. The van der Waals surface area contributed by atoms with E-state index in [9.17, 15) is 9.90 Å². The number of aliphatic hydroxyl groups excluding tert-OH is 1. The minimum Gasteiger partial charge on any atom is -0.391 e. The molecule has 0 spiro atoms. The zero-order valence-corrected chi connectivity index (χ0v) is 14.0. The average molecular weight is 332 g/mol. The first-order chi connectivity index (χ1) is 11.6. The molecule has 0 aliphatic carbocycles. The van der Waals surface area contributed by atoms with Gasteiger partial charge < -0.3 is 19.6 Å². The van der Waals surface area contributed by atoms with Gasteiger partial charge in [0.1, 0.15) is 11.9 Å². The molecule has 1 aliphatic rings. The highest BCUT2D eigenvalue weighted by Gasteiger charge is 2.21. The van der Waals surface area contributed by atoms with E-state index in [0.29, 0.717) is 38.1 Å². The highest BCUT2D eigenvalue weighted by molar-refractivity contribution is 5.76. The van der Waals surface area contributed by atoms with Crippen LogP contribution in [0.3, 0.4) is 0 Å². The molecule has 24 heavy (non-hydrogen) atoms. The van der Waals surface area contributed by atoms with Gasteiger partial charge in [-0.05, 0) is 18.6 Å². The van der Waals surface area contributed by atoms with E-state index in [1.54, 1.807) is 12.3 Å². The normalized spacial score (nSPS) is 15.9. The van der Waals surface area contributed by atoms with Gasteiger partial charge in [0.25, 0.3) is 0 Å². The summed E-state index contributed by atoms with van der Waals surface area (Å²) in [5, 5.41) is 18.2. The van der Waals surface area contributed by atoms with Gasteiger partial charge in [-0.3, -0.25) is 4.79 Å². The SMILES string of the molecule is CC[C@H](O)COCCC(=O)N1CCN(c2ccc(C#N)cn2)CC1. The molecule has 1 atom stereocenters. The topological polar surface area (TPSA) is 89.7 Å². The predicted octanol–water partition coefficient (Wildman–Crippen LogP) is 0.779. The van der Waals surface area contributed by atoms with Crippen LogP contribution in [0, 0.1) is 11.3 Å². The first-order valence-corrected chi connectivity index (χ1v) is 8.28. The molecule has 7 heteroatoms. The number of hydrogen-bond donors (Lipinski definition) is 1. The molecule has 7 nitrogen and oxygen atoms in total. The van der Waals surface area contributed by atoms with Gasteiger partial charge in [0.05, 0.1) is 31.3 Å². The summed E-state index contributed by atoms with van der Waals surface area (Å²) in [6.45, 7) is 5.26. The van der Waals surface area contributed by atoms with Gasteiger partial charge in [0.2, 0.25) is 5.91 Å². The van der Waals surface area contributed by atoms with Crippen molar-refractivity contribution in [2.24, 2.45) is 0 Å². The third kappa shape index (κ3) is 5.18. The molecule has 1 N–H and O–H groups in total. The number of pyridine rings is 1. The molecule has 0 saturated carbocycles. The second-order valence-electron chi connectivity index (χ2n) is 5.77. The van der Waals surface area contributed by atoms with Gasteiger partial charge in [-0.2, -0.15) is 5.26 Å². The second-order valence-corrected chi connectivity index (χ2v) is 5.77. The maximum absolute atomic E-state index is 12.2. The maximum atomic E-state index is 12.2. The van der Waals surface area contributed by atoms with E-state index >= 15 is 0 Å². The van der Waals surface area contributed by atoms with Gasteiger partial charge >= 0.3 is 0 Å². The van der Waals surface area contributed by atoms with Crippen molar-refractivity contribution in [3.05, 3.63) is 23.9 Å². The summed E-state index contributed by atoms with van der Waals surface area (Å²) in [6, 6.07) is 5.64. The van der Waals surface area contributed by atoms with Crippen molar-refractivity contribution in [3.8, 4) is 6.07 Å². The summed E-state index contributed by atoms with van der Waals surface area (Å²) in [4.78, 5) is 20.4. The lowest BCUT2D eigenvalue weighted by molar-refractivity contribution is -0.132. The third-order valence-corrected chi connectivity index (χ3v) is 4.08. The van der Waals surface area contributed by atoms with E-state index in [1.807, 2.05) is 17.9 Å². The third-order valence-electron chi connectivity index (χ3n) is 4.08. The minimum absolute atomic E-state index is 0.0772. The number of aliphatic hydroxyl groups is 1.